The van der Waals surface area contributed by atoms with Crippen molar-refractivity contribution in [3.8, 4) is 0 Å². The van der Waals surface area contributed by atoms with Crippen molar-refractivity contribution in [3.05, 3.63) is 65.7 Å². The fourth-order valence-electron chi connectivity index (χ4n) is 2.36. The van der Waals surface area contributed by atoms with Crippen LogP contribution in [0.15, 0.2) is 54.6 Å². The summed E-state index contributed by atoms with van der Waals surface area (Å²) >= 11 is 0. The number of nitrogens with one attached hydrogen (secondary N) is 1. The molecular weight excluding hydrogens is 290 g/mol. The lowest BCUT2D eigenvalue weighted by Gasteiger charge is -2.20. The van der Waals surface area contributed by atoms with Crippen LogP contribution >= 0.6 is 0 Å². The number of hydrogen-bond donors (Lipinski definition) is 1. The van der Waals surface area contributed by atoms with Crippen molar-refractivity contribution >= 4 is 17.4 Å². The third kappa shape index (κ3) is 5.58. The van der Waals surface area contributed by atoms with Crippen LogP contribution in [-0.2, 0) is 9.59 Å². The Bertz CT molecular complexity index is 650. The minimum Gasteiger partial charge on any atom is -0.550 e. The van der Waals surface area contributed by atoms with Gasteiger partial charge in [-0.25, -0.2) is 0 Å². The lowest BCUT2D eigenvalue weighted by atomic mass is 9.99. The summed E-state index contributed by atoms with van der Waals surface area (Å²) in [5, 5.41) is 13.9. The highest BCUT2D eigenvalue weighted by molar-refractivity contribution is 5.82. The molecule has 0 saturated carbocycles. The Labute approximate surface area is 136 Å². The molecule has 0 aliphatic heterocycles. The molecule has 0 aromatic heterocycles. The van der Waals surface area contributed by atoms with Crippen molar-refractivity contribution in [3.63, 3.8) is 0 Å². The van der Waals surface area contributed by atoms with E-state index in [9.17, 15) is 14.7 Å². The van der Waals surface area contributed by atoms with Crippen LogP contribution in [0.25, 0.3) is 0 Å². The molecule has 0 bridgehead atoms. The molecule has 0 radical (unpaired) electrons. The Hall–Kier alpha value is -2.62. The molecule has 120 valence electrons. The van der Waals surface area contributed by atoms with E-state index in [0.717, 1.165) is 16.8 Å². The van der Waals surface area contributed by atoms with Gasteiger partial charge in [-0.2, -0.15) is 0 Å². The highest BCUT2D eigenvalue weighted by Gasteiger charge is 2.15. The molecule has 2 aromatic carbocycles. The Kier molecular flexibility index (Phi) is 5.92. The van der Waals surface area contributed by atoms with E-state index in [-0.39, 0.29) is 31.1 Å². The summed E-state index contributed by atoms with van der Waals surface area (Å²) in [7, 11) is 0. The first kappa shape index (κ1) is 16.7. The topological polar surface area (TPSA) is 69.2 Å². The minimum absolute atomic E-state index is 0.00123. The zero-order valence-corrected chi connectivity index (χ0v) is 13.1. The van der Waals surface area contributed by atoms with E-state index in [2.05, 4.69) is 5.32 Å². The molecular formula is C19H20NO3-. The van der Waals surface area contributed by atoms with E-state index in [0.29, 0.717) is 0 Å². The lowest BCUT2D eigenvalue weighted by molar-refractivity contribution is -0.305. The van der Waals surface area contributed by atoms with Gasteiger partial charge >= 0.3 is 0 Å². The molecule has 1 atom stereocenters. The predicted octanol–water partition coefficient (Wildman–Crippen LogP) is 2.64. The van der Waals surface area contributed by atoms with Crippen molar-refractivity contribution in [1.29, 1.82) is 0 Å². The van der Waals surface area contributed by atoms with Crippen LogP contribution in [0.3, 0.4) is 0 Å². The number of rotatable bonds is 8. The van der Waals surface area contributed by atoms with E-state index >= 15 is 0 Å². The second-order valence-electron chi connectivity index (χ2n) is 5.59. The maximum atomic E-state index is 12.0. The van der Waals surface area contributed by atoms with Gasteiger partial charge in [-0.05, 0) is 31.0 Å². The van der Waals surface area contributed by atoms with Crippen molar-refractivity contribution in [2.24, 2.45) is 0 Å². The number of ketones is 1. The standard InChI is InChI=1S/C19H21NO3/c1-14-7-9-16(10-8-14)20-18(15-5-3-2-4-6-15)13-17(21)11-12-19(22)23/h2-10,18,20H,11-13H2,1H3,(H,22,23)/p-1/t18-/m1/s1. The highest BCUT2D eigenvalue weighted by Crippen LogP contribution is 2.24. The molecule has 1 N–H and O–H groups in total. The van der Waals surface area contributed by atoms with Crippen LogP contribution in [0.1, 0.15) is 36.4 Å². The zero-order valence-electron chi connectivity index (χ0n) is 13.1. The summed E-state index contributed by atoms with van der Waals surface area (Å²) in [6.45, 7) is 2.02. The minimum atomic E-state index is -1.19. The molecule has 0 heterocycles. The van der Waals surface area contributed by atoms with Crippen LogP contribution in [-0.4, -0.2) is 11.8 Å². The summed E-state index contributed by atoms with van der Waals surface area (Å²) < 4.78 is 0. The Morgan fingerprint density at radius 1 is 1.00 bits per heavy atom. The number of aliphatic carboxylic acids is 1. The van der Waals surface area contributed by atoms with Crippen LogP contribution in [0.2, 0.25) is 0 Å². The van der Waals surface area contributed by atoms with E-state index in [4.69, 9.17) is 0 Å². The molecule has 0 aliphatic rings. The molecule has 0 unspecified atom stereocenters. The number of carbonyl (C=O) groups excluding carboxylic acids is 2. The first-order chi connectivity index (χ1) is 11.0. The van der Waals surface area contributed by atoms with Gasteiger partial charge in [-0.15, -0.1) is 0 Å². The number of aryl methyl sites for hydroxylation is 1. The largest absolute Gasteiger partial charge is 0.550 e. The maximum Gasteiger partial charge on any atom is 0.135 e. The summed E-state index contributed by atoms with van der Waals surface area (Å²) in [4.78, 5) is 22.5. The second-order valence-corrected chi connectivity index (χ2v) is 5.59. The Balaban J connectivity index is 2.10. The van der Waals surface area contributed by atoms with Crippen LogP contribution < -0.4 is 10.4 Å². The van der Waals surface area contributed by atoms with Gasteiger partial charge in [0.1, 0.15) is 5.78 Å². The summed E-state index contributed by atoms with van der Waals surface area (Å²) in [6.07, 6.45) is 0.0112. The van der Waals surface area contributed by atoms with E-state index < -0.39 is 5.97 Å². The summed E-state index contributed by atoms with van der Waals surface area (Å²) in [5.41, 5.74) is 3.09. The number of Topliss-reactive ketones (excluding diaryl/α,β-unsaturated/α-hetero) is 1. The Morgan fingerprint density at radius 2 is 1.65 bits per heavy atom. The fraction of sp³-hybridized carbons (Fsp3) is 0.263. The van der Waals surface area contributed by atoms with Gasteiger partial charge in [0.2, 0.25) is 0 Å². The molecule has 4 heteroatoms. The maximum absolute atomic E-state index is 12.0. The van der Waals surface area contributed by atoms with Crippen molar-refractivity contribution in [2.75, 3.05) is 5.32 Å². The highest BCUT2D eigenvalue weighted by atomic mass is 16.4. The van der Waals surface area contributed by atoms with Crippen molar-refractivity contribution < 1.29 is 14.7 Å². The number of carboxylic acid groups (broad SMARTS) is 1. The van der Waals surface area contributed by atoms with E-state index in [1.54, 1.807) is 0 Å². The van der Waals surface area contributed by atoms with E-state index in [1.807, 2.05) is 61.5 Å². The van der Waals surface area contributed by atoms with Crippen molar-refractivity contribution in [2.45, 2.75) is 32.2 Å². The molecule has 0 saturated heterocycles. The van der Waals surface area contributed by atoms with Gasteiger partial charge in [0.05, 0.1) is 6.04 Å². The quantitative estimate of drug-likeness (QED) is 0.814. The number of carboxylic acids is 1. The fourth-order valence-corrected chi connectivity index (χ4v) is 2.36. The number of hydrogen-bond acceptors (Lipinski definition) is 4. The normalized spacial score (nSPS) is 11.7. The summed E-state index contributed by atoms with van der Waals surface area (Å²) in [6, 6.07) is 17.4. The third-order valence-corrected chi connectivity index (χ3v) is 3.63. The molecule has 2 rings (SSSR count). The van der Waals surface area contributed by atoms with Crippen molar-refractivity contribution in [1.82, 2.24) is 0 Å². The SMILES string of the molecule is Cc1ccc(N[C@H](CC(=O)CCC(=O)[O-])c2ccccc2)cc1. The number of benzene rings is 2. The van der Waals surface area contributed by atoms with E-state index in [1.165, 1.54) is 0 Å². The molecule has 4 nitrogen and oxygen atoms in total. The lowest BCUT2D eigenvalue weighted by Crippen LogP contribution is -2.23. The van der Waals surface area contributed by atoms with Gasteiger partial charge in [-0.3, -0.25) is 4.79 Å². The molecule has 23 heavy (non-hydrogen) atoms. The number of anilines is 1. The van der Waals surface area contributed by atoms with Gasteiger partial charge < -0.3 is 15.2 Å². The molecule has 0 aliphatic carbocycles. The van der Waals surface area contributed by atoms with Gasteiger partial charge in [0, 0.05) is 24.5 Å². The van der Waals surface area contributed by atoms with Gasteiger partial charge in [0.25, 0.3) is 0 Å². The van der Waals surface area contributed by atoms with Crippen LogP contribution in [0.4, 0.5) is 5.69 Å². The van der Waals surface area contributed by atoms with Crippen LogP contribution in [0.5, 0.6) is 0 Å². The average Bonchev–Trinajstić information content (AvgIpc) is 2.55. The van der Waals surface area contributed by atoms with Crippen LogP contribution in [0, 0.1) is 6.92 Å². The monoisotopic (exact) mass is 310 g/mol. The summed E-state index contributed by atoms with van der Waals surface area (Å²) in [5.74, 6) is -1.29. The smallest absolute Gasteiger partial charge is 0.135 e. The predicted molar refractivity (Wildman–Crippen MR) is 87.8 cm³/mol. The first-order valence-corrected chi connectivity index (χ1v) is 7.64. The molecule has 0 fully saturated rings. The Morgan fingerprint density at radius 3 is 2.26 bits per heavy atom. The second kappa shape index (κ2) is 8.13. The average molecular weight is 310 g/mol. The zero-order chi connectivity index (χ0) is 16.7. The number of carbonyl (C=O) groups is 2. The van der Waals surface area contributed by atoms with Gasteiger partial charge in [-0.1, -0.05) is 48.0 Å². The van der Waals surface area contributed by atoms with Gasteiger partial charge in [0.15, 0.2) is 0 Å². The molecule has 0 amide bonds. The third-order valence-electron chi connectivity index (χ3n) is 3.63. The first-order valence-electron chi connectivity index (χ1n) is 7.64. The molecule has 2 aromatic rings. The molecule has 0 spiro atoms.